The minimum atomic E-state index is -4.22. The third kappa shape index (κ3) is 5.07. The molecule has 3 nitrogen and oxygen atoms in total. The Kier molecular flexibility index (Phi) is 5.86. The summed E-state index contributed by atoms with van der Waals surface area (Å²) >= 11 is 0. The molecule has 0 radical (unpaired) electrons. The molecule has 0 spiro atoms. The zero-order valence-electron chi connectivity index (χ0n) is 13.8. The van der Waals surface area contributed by atoms with Crippen molar-refractivity contribution in [2.75, 3.05) is 26.2 Å². The molecule has 4 atom stereocenters. The largest absolute Gasteiger partial charge is 0.411 e. The van der Waals surface area contributed by atoms with Crippen molar-refractivity contribution in [3.05, 3.63) is 0 Å². The van der Waals surface area contributed by atoms with E-state index in [0.29, 0.717) is 6.04 Å². The van der Waals surface area contributed by atoms with Crippen molar-refractivity contribution < 1.29 is 17.9 Å². The highest BCUT2D eigenvalue weighted by Crippen LogP contribution is 2.30. The third-order valence-electron chi connectivity index (χ3n) is 5.79. The van der Waals surface area contributed by atoms with Gasteiger partial charge in [0.2, 0.25) is 0 Å². The van der Waals surface area contributed by atoms with Gasteiger partial charge in [-0.05, 0) is 57.5 Å². The highest BCUT2D eigenvalue weighted by Gasteiger charge is 2.34. The number of ether oxygens (including phenoxy) is 1. The zero-order valence-corrected chi connectivity index (χ0v) is 13.8. The molecular weight excluding hydrogens is 305 g/mol. The van der Waals surface area contributed by atoms with Crippen LogP contribution in [-0.4, -0.2) is 55.5 Å². The average Bonchev–Trinajstić information content (AvgIpc) is 2.98. The summed E-state index contributed by atoms with van der Waals surface area (Å²) in [6.45, 7) is 2.11. The maximum absolute atomic E-state index is 12.4. The SMILES string of the molecule is FC(F)(F)CO[C@@H]1CCCC[C@@H]1CN[C@@H]1CCN2CCC[C@H]2C1. The van der Waals surface area contributed by atoms with Crippen LogP contribution in [0.4, 0.5) is 13.2 Å². The molecule has 0 aromatic rings. The van der Waals surface area contributed by atoms with Crippen molar-refractivity contribution in [3.8, 4) is 0 Å². The molecule has 23 heavy (non-hydrogen) atoms. The second kappa shape index (κ2) is 7.70. The molecule has 2 heterocycles. The fourth-order valence-corrected chi connectivity index (χ4v) is 4.56. The fourth-order valence-electron chi connectivity index (χ4n) is 4.56. The highest BCUT2D eigenvalue weighted by molar-refractivity contribution is 4.90. The number of halogens is 3. The van der Waals surface area contributed by atoms with Crippen molar-refractivity contribution >= 4 is 0 Å². The number of rotatable bonds is 5. The predicted molar refractivity (Wildman–Crippen MR) is 83.4 cm³/mol. The van der Waals surface area contributed by atoms with E-state index in [9.17, 15) is 13.2 Å². The van der Waals surface area contributed by atoms with Crippen LogP contribution < -0.4 is 5.32 Å². The predicted octanol–water partition coefficient (Wildman–Crippen LogP) is 3.34. The molecule has 0 aromatic heterocycles. The Morgan fingerprint density at radius 2 is 1.83 bits per heavy atom. The summed E-state index contributed by atoms with van der Waals surface area (Å²) in [6, 6.07) is 1.25. The lowest BCUT2D eigenvalue weighted by Crippen LogP contribution is -2.48. The average molecular weight is 334 g/mol. The van der Waals surface area contributed by atoms with Gasteiger partial charge in [0.05, 0.1) is 6.10 Å². The number of nitrogens with zero attached hydrogens (tertiary/aromatic N) is 1. The van der Waals surface area contributed by atoms with E-state index in [4.69, 9.17) is 4.74 Å². The highest BCUT2D eigenvalue weighted by atomic mass is 19.4. The van der Waals surface area contributed by atoms with Gasteiger partial charge in [0, 0.05) is 18.6 Å². The van der Waals surface area contributed by atoms with Gasteiger partial charge in [0.25, 0.3) is 0 Å². The zero-order chi connectivity index (χ0) is 16.3. The van der Waals surface area contributed by atoms with Crippen LogP contribution >= 0.6 is 0 Å². The van der Waals surface area contributed by atoms with Crippen LogP contribution in [0.1, 0.15) is 51.4 Å². The van der Waals surface area contributed by atoms with Gasteiger partial charge in [-0.15, -0.1) is 0 Å². The molecule has 1 aliphatic carbocycles. The van der Waals surface area contributed by atoms with Crippen LogP contribution in [-0.2, 0) is 4.74 Å². The Bertz CT molecular complexity index is 377. The van der Waals surface area contributed by atoms with Crippen molar-refractivity contribution in [3.63, 3.8) is 0 Å². The summed E-state index contributed by atoms with van der Waals surface area (Å²) < 4.78 is 42.4. The van der Waals surface area contributed by atoms with E-state index in [1.807, 2.05) is 0 Å². The molecule has 0 aromatic carbocycles. The Morgan fingerprint density at radius 1 is 1.00 bits per heavy atom. The molecular formula is C17H29F3N2O. The Balaban J connectivity index is 1.43. The number of alkyl halides is 3. The summed E-state index contributed by atoms with van der Waals surface area (Å²) in [5, 5.41) is 3.64. The first-order valence-corrected chi connectivity index (χ1v) is 9.17. The number of fused-ring (bicyclic) bond motifs is 1. The smallest absolute Gasteiger partial charge is 0.368 e. The van der Waals surface area contributed by atoms with Crippen molar-refractivity contribution in [1.29, 1.82) is 0 Å². The Labute approximate surface area is 136 Å². The van der Waals surface area contributed by atoms with Crippen LogP contribution in [0.5, 0.6) is 0 Å². The van der Waals surface area contributed by atoms with Crippen molar-refractivity contribution in [1.82, 2.24) is 10.2 Å². The summed E-state index contributed by atoms with van der Waals surface area (Å²) in [7, 11) is 0. The number of nitrogens with one attached hydrogen (secondary N) is 1. The van der Waals surface area contributed by atoms with Gasteiger partial charge in [0.15, 0.2) is 0 Å². The van der Waals surface area contributed by atoms with E-state index < -0.39 is 12.8 Å². The van der Waals surface area contributed by atoms with E-state index >= 15 is 0 Å². The summed E-state index contributed by atoms with van der Waals surface area (Å²) in [5.74, 6) is 0.229. The first-order valence-electron chi connectivity index (χ1n) is 9.17. The van der Waals surface area contributed by atoms with Crippen molar-refractivity contribution in [2.45, 2.75) is 75.7 Å². The molecule has 3 fully saturated rings. The van der Waals surface area contributed by atoms with Crippen LogP contribution in [0.25, 0.3) is 0 Å². The quantitative estimate of drug-likeness (QED) is 0.834. The van der Waals surface area contributed by atoms with Gasteiger partial charge in [-0.2, -0.15) is 13.2 Å². The van der Waals surface area contributed by atoms with Gasteiger partial charge in [-0.1, -0.05) is 12.8 Å². The molecule has 3 rings (SSSR count). The summed E-state index contributed by atoms with van der Waals surface area (Å²) in [4.78, 5) is 2.59. The third-order valence-corrected chi connectivity index (χ3v) is 5.79. The molecule has 6 heteroatoms. The van der Waals surface area contributed by atoms with Crippen molar-refractivity contribution in [2.24, 2.45) is 5.92 Å². The van der Waals surface area contributed by atoms with Gasteiger partial charge >= 0.3 is 6.18 Å². The van der Waals surface area contributed by atoms with Crippen LogP contribution in [0.2, 0.25) is 0 Å². The minimum absolute atomic E-state index is 0.229. The van der Waals surface area contributed by atoms with E-state index in [-0.39, 0.29) is 12.0 Å². The lowest BCUT2D eigenvalue weighted by molar-refractivity contribution is -0.193. The lowest BCUT2D eigenvalue weighted by Gasteiger charge is -2.37. The lowest BCUT2D eigenvalue weighted by atomic mass is 9.85. The molecule has 0 unspecified atom stereocenters. The van der Waals surface area contributed by atoms with E-state index in [0.717, 1.165) is 44.7 Å². The molecule has 0 bridgehead atoms. The molecule has 134 valence electrons. The first kappa shape index (κ1) is 17.5. The molecule has 1 N–H and O–H groups in total. The molecule has 3 aliphatic rings. The maximum Gasteiger partial charge on any atom is 0.411 e. The molecule has 1 saturated carbocycles. The Hall–Kier alpha value is -0.330. The molecule has 0 amide bonds. The van der Waals surface area contributed by atoms with Gasteiger partial charge in [-0.25, -0.2) is 0 Å². The first-order chi connectivity index (χ1) is 11.0. The normalized spacial score (nSPS) is 36.1. The molecule has 2 saturated heterocycles. The Morgan fingerprint density at radius 3 is 2.65 bits per heavy atom. The molecule has 2 aliphatic heterocycles. The van der Waals surface area contributed by atoms with E-state index in [1.165, 1.54) is 32.4 Å². The fraction of sp³-hybridized carbons (Fsp3) is 1.00. The second-order valence-corrected chi connectivity index (χ2v) is 7.47. The standard InChI is InChI=1S/C17H29F3N2O/c18-17(19,20)12-23-16-6-2-1-4-13(16)11-21-14-7-9-22-8-3-5-15(22)10-14/h13-16,21H,1-12H2/t13-,14-,15+,16-/m1/s1. The van der Waals surface area contributed by atoms with Crippen LogP contribution in [0.3, 0.4) is 0 Å². The monoisotopic (exact) mass is 334 g/mol. The number of hydrogen-bond donors (Lipinski definition) is 1. The maximum atomic E-state index is 12.4. The van der Waals surface area contributed by atoms with Crippen LogP contribution in [0.15, 0.2) is 0 Å². The topological polar surface area (TPSA) is 24.5 Å². The number of piperidine rings is 1. The summed E-state index contributed by atoms with van der Waals surface area (Å²) in [6.07, 6.45) is 4.37. The van der Waals surface area contributed by atoms with Gasteiger partial charge in [0.1, 0.15) is 6.61 Å². The number of hydrogen-bond acceptors (Lipinski definition) is 3. The summed E-state index contributed by atoms with van der Waals surface area (Å²) in [5.41, 5.74) is 0. The minimum Gasteiger partial charge on any atom is -0.368 e. The van der Waals surface area contributed by atoms with E-state index in [1.54, 1.807) is 0 Å². The van der Waals surface area contributed by atoms with E-state index in [2.05, 4.69) is 10.2 Å². The van der Waals surface area contributed by atoms with Gasteiger partial charge in [-0.3, -0.25) is 0 Å². The van der Waals surface area contributed by atoms with Crippen LogP contribution in [0, 0.1) is 5.92 Å². The second-order valence-electron chi connectivity index (χ2n) is 7.47. The van der Waals surface area contributed by atoms with Gasteiger partial charge < -0.3 is 15.0 Å².